The van der Waals surface area contributed by atoms with Gasteiger partial charge < -0.3 is 10.2 Å². The molecule has 0 saturated heterocycles. The summed E-state index contributed by atoms with van der Waals surface area (Å²) in [5.74, 6) is -0.808. The Morgan fingerprint density at radius 2 is 1.61 bits per heavy atom. The van der Waals surface area contributed by atoms with Gasteiger partial charge in [-0.2, -0.15) is 0 Å². The van der Waals surface area contributed by atoms with Crippen molar-refractivity contribution in [3.63, 3.8) is 0 Å². The lowest BCUT2D eigenvalue weighted by molar-refractivity contribution is -0.139. The van der Waals surface area contributed by atoms with Gasteiger partial charge in [-0.25, -0.2) is 8.42 Å². The standard InChI is InChI=1S/C31H35Cl2N3O4S/c1-21-13-15-26(17-22(21)2)36(41(39,40)27-11-5-4-6-12-27)20-30(37)35(19-24-14-16-28(32)29(33)18-24)23(3)31(38)34-25-9-7-8-10-25/h4-6,11-18,23,25H,7-10,19-20H2,1-3H3,(H,34,38)/t23-/m1/s1. The van der Waals surface area contributed by atoms with E-state index in [1.54, 1.807) is 55.5 Å². The zero-order valence-electron chi connectivity index (χ0n) is 23.4. The van der Waals surface area contributed by atoms with Gasteiger partial charge in [0.1, 0.15) is 12.6 Å². The van der Waals surface area contributed by atoms with Crippen molar-refractivity contribution in [2.75, 3.05) is 10.8 Å². The molecule has 1 saturated carbocycles. The molecule has 2 amide bonds. The summed E-state index contributed by atoms with van der Waals surface area (Å²) in [6.07, 6.45) is 3.89. The quantitative estimate of drug-likeness (QED) is 0.291. The van der Waals surface area contributed by atoms with E-state index in [9.17, 15) is 18.0 Å². The van der Waals surface area contributed by atoms with E-state index in [-0.39, 0.29) is 23.4 Å². The summed E-state index contributed by atoms with van der Waals surface area (Å²) in [6, 6.07) is 17.5. The first-order chi connectivity index (χ1) is 19.5. The first kappa shape index (κ1) is 30.9. The van der Waals surface area contributed by atoms with Crippen LogP contribution in [0.3, 0.4) is 0 Å². The Kier molecular flexibility index (Phi) is 10.00. The number of amides is 2. The lowest BCUT2D eigenvalue weighted by Gasteiger charge is -2.32. The molecule has 4 rings (SSSR count). The van der Waals surface area contributed by atoms with Gasteiger partial charge in [-0.15, -0.1) is 0 Å². The van der Waals surface area contributed by atoms with Crippen molar-refractivity contribution in [2.24, 2.45) is 0 Å². The Balaban J connectivity index is 1.70. The van der Waals surface area contributed by atoms with E-state index in [0.29, 0.717) is 21.3 Å². The van der Waals surface area contributed by atoms with Crippen LogP contribution in [0.25, 0.3) is 0 Å². The molecule has 1 aliphatic rings. The van der Waals surface area contributed by atoms with E-state index in [1.807, 2.05) is 19.9 Å². The third kappa shape index (κ3) is 7.42. The van der Waals surface area contributed by atoms with Crippen molar-refractivity contribution in [1.82, 2.24) is 10.2 Å². The van der Waals surface area contributed by atoms with Crippen LogP contribution in [0.4, 0.5) is 5.69 Å². The summed E-state index contributed by atoms with van der Waals surface area (Å²) in [5.41, 5.74) is 2.91. The molecule has 41 heavy (non-hydrogen) atoms. The van der Waals surface area contributed by atoms with Crippen molar-refractivity contribution in [3.8, 4) is 0 Å². The summed E-state index contributed by atoms with van der Waals surface area (Å²) in [6.45, 7) is 5.03. The summed E-state index contributed by atoms with van der Waals surface area (Å²) in [4.78, 5) is 28.9. The molecule has 3 aromatic rings. The summed E-state index contributed by atoms with van der Waals surface area (Å²) in [5, 5.41) is 3.76. The largest absolute Gasteiger partial charge is 0.352 e. The molecular weight excluding hydrogens is 581 g/mol. The minimum Gasteiger partial charge on any atom is -0.352 e. The number of carbonyl (C=O) groups excluding carboxylic acids is 2. The maximum atomic E-state index is 14.1. The molecule has 1 N–H and O–H groups in total. The van der Waals surface area contributed by atoms with Crippen molar-refractivity contribution in [1.29, 1.82) is 0 Å². The Labute approximate surface area is 252 Å². The average Bonchev–Trinajstić information content (AvgIpc) is 3.46. The van der Waals surface area contributed by atoms with E-state index in [1.165, 1.54) is 17.0 Å². The molecule has 0 aliphatic heterocycles. The van der Waals surface area contributed by atoms with E-state index in [0.717, 1.165) is 41.1 Å². The van der Waals surface area contributed by atoms with Gasteiger partial charge >= 0.3 is 0 Å². The highest BCUT2D eigenvalue weighted by Crippen LogP contribution is 2.28. The third-order valence-electron chi connectivity index (χ3n) is 7.59. The van der Waals surface area contributed by atoms with Crippen molar-refractivity contribution in [2.45, 2.75) is 70.0 Å². The highest BCUT2D eigenvalue weighted by Gasteiger charge is 2.33. The maximum Gasteiger partial charge on any atom is 0.264 e. The topological polar surface area (TPSA) is 86.8 Å². The number of benzene rings is 3. The monoisotopic (exact) mass is 615 g/mol. The van der Waals surface area contributed by atoms with Crippen LogP contribution in [0.5, 0.6) is 0 Å². The number of sulfonamides is 1. The predicted octanol–water partition coefficient (Wildman–Crippen LogP) is 6.28. The Morgan fingerprint density at radius 3 is 2.24 bits per heavy atom. The second kappa shape index (κ2) is 13.3. The summed E-state index contributed by atoms with van der Waals surface area (Å²) >= 11 is 12.4. The Bertz CT molecular complexity index is 1510. The number of carbonyl (C=O) groups is 2. The second-order valence-corrected chi connectivity index (χ2v) is 13.2. The fourth-order valence-corrected chi connectivity index (χ4v) is 6.69. The number of nitrogens with one attached hydrogen (secondary N) is 1. The molecule has 1 fully saturated rings. The van der Waals surface area contributed by atoms with E-state index in [2.05, 4.69) is 5.32 Å². The van der Waals surface area contributed by atoms with E-state index >= 15 is 0 Å². The number of hydrogen-bond acceptors (Lipinski definition) is 4. The minimum atomic E-state index is -4.12. The molecule has 1 aliphatic carbocycles. The van der Waals surface area contributed by atoms with Crippen LogP contribution in [0.2, 0.25) is 10.0 Å². The van der Waals surface area contributed by atoms with Crippen LogP contribution in [-0.4, -0.2) is 43.8 Å². The molecular formula is C31H35Cl2N3O4S. The lowest BCUT2D eigenvalue weighted by Crippen LogP contribution is -2.52. The van der Waals surface area contributed by atoms with Crippen LogP contribution < -0.4 is 9.62 Å². The average molecular weight is 617 g/mol. The van der Waals surface area contributed by atoms with Gasteiger partial charge in [0.15, 0.2) is 0 Å². The smallest absolute Gasteiger partial charge is 0.264 e. The SMILES string of the molecule is Cc1ccc(N(CC(=O)N(Cc2ccc(Cl)c(Cl)c2)[C@H](C)C(=O)NC2CCCC2)S(=O)(=O)c2ccccc2)cc1C. The normalized spacial score (nSPS) is 14.5. The first-order valence-corrected chi connectivity index (χ1v) is 15.9. The number of aryl methyl sites for hydroxylation is 2. The van der Waals surface area contributed by atoms with Gasteiger partial charge in [-0.1, -0.05) is 66.4 Å². The number of anilines is 1. The summed E-state index contributed by atoms with van der Waals surface area (Å²) in [7, 11) is -4.12. The van der Waals surface area contributed by atoms with Crippen molar-refractivity contribution in [3.05, 3.63) is 93.5 Å². The highest BCUT2D eigenvalue weighted by molar-refractivity contribution is 7.92. The molecule has 0 spiro atoms. The zero-order chi connectivity index (χ0) is 29.7. The van der Waals surface area contributed by atoms with Crippen LogP contribution in [0.1, 0.15) is 49.3 Å². The molecule has 0 aromatic heterocycles. The molecule has 10 heteroatoms. The number of halogens is 2. The van der Waals surface area contributed by atoms with Gasteiger partial charge in [-0.05, 0) is 86.7 Å². The third-order valence-corrected chi connectivity index (χ3v) is 10.1. The zero-order valence-corrected chi connectivity index (χ0v) is 25.8. The minimum absolute atomic E-state index is 0.0428. The molecule has 7 nitrogen and oxygen atoms in total. The lowest BCUT2D eigenvalue weighted by atomic mass is 10.1. The van der Waals surface area contributed by atoms with Gasteiger partial charge in [0, 0.05) is 12.6 Å². The Morgan fingerprint density at radius 1 is 0.927 bits per heavy atom. The van der Waals surface area contributed by atoms with Crippen LogP contribution in [0, 0.1) is 13.8 Å². The maximum absolute atomic E-state index is 14.1. The number of hydrogen-bond donors (Lipinski definition) is 1. The molecule has 218 valence electrons. The molecule has 0 unspecified atom stereocenters. The van der Waals surface area contributed by atoms with Crippen LogP contribution in [-0.2, 0) is 26.2 Å². The van der Waals surface area contributed by atoms with Crippen molar-refractivity contribution < 1.29 is 18.0 Å². The van der Waals surface area contributed by atoms with Gasteiger partial charge in [-0.3, -0.25) is 13.9 Å². The van der Waals surface area contributed by atoms with Gasteiger partial charge in [0.25, 0.3) is 10.0 Å². The predicted molar refractivity (Wildman–Crippen MR) is 164 cm³/mol. The first-order valence-electron chi connectivity index (χ1n) is 13.7. The number of rotatable bonds is 10. The molecule has 3 aromatic carbocycles. The Hall–Kier alpha value is -3.07. The van der Waals surface area contributed by atoms with E-state index < -0.39 is 28.5 Å². The highest BCUT2D eigenvalue weighted by atomic mass is 35.5. The molecule has 1 atom stereocenters. The fraction of sp³-hybridized carbons (Fsp3) is 0.355. The second-order valence-electron chi connectivity index (χ2n) is 10.5. The molecule has 0 radical (unpaired) electrons. The summed E-state index contributed by atoms with van der Waals surface area (Å²) < 4.78 is 28.9. The van der Waals surface area contributed by atoms with Crippen molar-refractivity contribution >= 4 is 50.7 Å². The number of nitrogens with zero attached hydrogens (tertiary/aromatic N) is 2. The molecule has 0 bridgehead atoms. The van der Waals surface area contributed by atoms with Crippen LogP contribution >= 0.6 is 23.2 Å². The van der Waals surface area contributed by atoms with Gasteiger partial charge in [0.2, 0.25) is 11.8 Å². The van der Waals surface area contributed by atoms with E-state index in [4.69, 9.17) is 23.2 Å². The molecule has 0 heterocycles. The fourth-order valence-electron chi connectivity index (χ4n) is 4.94. The van der Waals surface area contributed by atoms with Crippen LogP contribution in [0.15, 0.2) is 71.6 Å². The van der Waals surface area contributed by atoms with Gasteiger partial charge in [0.05, 0.1) is 20.6 Å².